The van der Waals surface area contributed by atoms with Gasteiger partial charge in [-0.3, -0.25) is 19.0 Å². The molecule has 1 aliphatic rings. The number of amides is 2. The highest BCUT2D eigenvalue weighted by Gasteiger charge is 2.23. The Bertz CT molecular complexity index is 1460. The van der Waals surface area contributed by atoms with Crippen molar-refractivity contribution in [2.45, 2.75) is 18.9 Å². The summed E-state index contributed by atoms with van der Waals surface area (Å²) in [6.45, 7) is 0.311. The largest absolute Gasteiger partial charge is 0.385 e. The first kappa shape index (κ1) is 22.1. The summed E-state index contributed by atoms with van der Waals surface area (Å²) in [5, 5.41) is 16.2. The highest BCUT2D eigenvalue weighted by Crippen LogP contribution is 2.22. The molecule has 1 fully saturated rings. The predicted molar refractivity (Wildman–Crippen MR) is 129 cm³/mol. The lowest BCUT2D eigenvalue weighted by Gasteiger charge is -2.12. The van der Waals surface area contributed by atoms with Gasteiger partial charge in [0.15, 0.2) is 17.2 Å². The molecular formula is C23H23N9O3. The molecule has 0 aromatic carbocycles. The van der Waals surface area contributed by atoms with Gasteiger partial charge in [-0.05, 0) is 30.7 Å². The highest BCUT2D eigenvalue weighted by atomic mass is 16.2. The lowest BCUT2D eigenvalue weighted by atomic mass is 10.2. The summed E-state index contributed by atoms with van der Waals surface area (Å²) in [5.41, 5.74) is 1.28. The molecule has 1 aliphatic heterocycles. The van der Waals surface area contributed by atoms with Crippen LogP contribution in [0.4, 0.5) is 17.2 Å². The number of carbonyl (C=O) groups is 2. The van der Waals surface area contributed by atoms with Gasteiger partial charge in [-0.1, -0.05) is 6.07 Å². The zero-order valence-corrected chi connectivity index (χ0v) is 18.9. The number of fused-ring (bicyclic) bond motifs is 1. The Kier molecular flexibility index (Phi) is 5.83. The summed E-state index contributed by atoms with van der Waals surface area (Å²) in [4.78, 5) is 45.9. The average molecular weight is 473 g/mol. The molecule has 12 heteroatoms. The third-order valence-corrected chi connectivity index (χ3v) is 5.67. The zero-order chi connectivity index (χ0) is 24.4. The standard InChI is InChI=1S/C23H23N9O3/c1-24-16-11-18(29-15-5-4-10-31(23(15)35)19-6-2-3-9-25-19)30-32-17(13-26-21(16)32)22(34)27-12-14-7-8-20(33)28-14/h2-6,9-11,13-14,24H,7-8,12H2,1H3,(H,27,34)(H,28,33)(H,29,30). The normalized spacial score (nSPS) is 15.1. The van der Waals surface area contributed by atoms with Crippen LogP contribution in [0.25, 0.3) is 11.5 Å². The van der Waals surface area contributed by atoms with Crippen molar-refractivity contribution in [1.29, 1.82) is 0 Å². The third-order valence-electron chi connectivity index (χ3n) is 5.67. The van der Waals surface area contributed by atoms with Crippen LogP contribution < -0.4 is 26.8 Å². The van der Waals surface area contributed by atoms with E-state index in [0.29, 0.717) is 42.4 Å². The number of nitrogens with one attached hydrogen (secondary N) is 4. The summed E-state index contributed by atoms with van der Waals surface area (Å²) >= 11 is 0. The number of carbonyl (C=O) groups excluding carboxylic acids is 2. The summed E-state index contributed by atoms with van der Waals surface area (Å²) in [6.07, 6.45) is 5.82. The van der Waals surface area contributed by atoms with Gasteiger partial charge in [0.25, 0.3) is 11.5 Å². The average Bonchev–Trinajstić information content (AvgIpc) is 3.50. The second-order valence-electron chi connectivity index (χ2n) is 8.00. The molecule has 4 N–H and O–H groups in total. The minimum Gasteiger partial charge on any atom is -0.385 e. The van der Waals surface area contributed by atoms with Crippen LogP contribution >= 0.6 is 0 Å². The molecule has 178 valence electrons. The number of hydrogen-bond donors (Lipinski definition) is 4. The van der Waals surface area contributed by atoms with Crippen LogP contribution in [-0.4, -0.2) is 55.6 Å². The SMILES string of the molecule is CNc1cc(Nc2cccn(-c3ccccn3)c2=O)nn2c(C(=O)NCC3CCC(=O)N3)cnc12. The van der Waals surface area contributed by atoms with Gasteiger partial charge < -0.3 is 21.3 Å². The third kappa shape index (κ3) is 4.40. The fourth-order valence-corrected chi connectivity index (χ4v) is 3.91. The molecule has 5 heterocycles. The minimum absolute atomic E-state index is 0.0156. The van der Waals surface area contributed by atoms with Crippen LogP contribution in [0.2, 0.25) is 0 Å². The molecule has 1 saturated heterocycles. The number of rotatable bonds is 7. The van der Waals surface area contributed by atoms with Crippen LogP contribution in [0.15, 0.2) is 59.8 Å². The summed E-state index contributed by atoms with van der Waals surface area (Å²) in [6, 6.07) is 10.3. The van der Waals surface area contributed by atoms with E-state index in [9.17, 15) is 14.4 Å². The molecule has 12 nitrogen and oxygen atoms in total. The van der Waals surface area contributed by atoms with Gasteiger partial charge >= 0.3 is 0 Å². The number of pyridine rings is 2. The fraction of sp³-hybridized carbons (Fsp3) is 0.217. The van der Waals surface area contributed by atoms with Gasteiger partial charge in [0.05, 0.1) is 11.9 Å². The molecule has 1 unspecified atom stereocenters. The van der Waals surface area contributed by atoms with Gasteiger partial charge in [-0.2, -0.15) is 0 Å². The Hall–Kier alpha value is -4.74. The maximum Gasteiger partial charge on any atom is 0.279 e. The van der Waals surface area contributed by atoms with E-state index in [1.165, 1.54) is 15.3 Å². The Morgan fingerprint density at radius 3 is 2.80 bits per heavy atom. The van der Waals surface area contributed by atoms with E-state index in [4.69, 9.17) is 0 Å². The zero-order valence-electron chi connectivity index (χ0n) is 18.9. The topological polar surface area (TPSA) is 147 Å². The van der Waals surface area contributed by atoms with Crippen molar-refractivity contribution in [3.63, 3.8) is 0 Å². The van der Waals surface area contributed by atoms with Crippen molar-refractivity contribution in [3.05, 3.63) is 71.0 Å². The van der Waals surface area contributed by atoms with Crippen LogP contribution in [0, 0.1) is 0 Å². The fourth-order valence-electron chi connectivity index (χ4n) is 3.91. The quantitative estimate of drug-likeness (QED) is 0.312. The Morgan fingerprint density at radius 2 is 2.06 bits per heavy atom. The van der Waals surface area contributed by atoms with E-state index in [2.05, 4.69) is 36.3 Å². The lowest BCUT2D eigenvalue weighted by molar-refractivity contribution is -0.119. The van der Waals surface area contributed by atoms with E-state index in [1.54, 1.807) is 55.8 Å². The summed E-state index contributed by atoms with van der Waals surface area (Å²) in [5.74, 6) is 0.445. The Labute approximate surface area is 199 Å². The maximum atomic E-state index is 13.1. The predicted octanol–water partition coefficient (Wildman–Crippen LogP) is 1.07. The molecule has 4 aromatic rings. The molecule has 5 rings (SSSR count). The van der Waals surface area contributed by atoms with E-state index in [-0.39, 0.29) is 34.8 Å². The van der Waals surface area contributed by atoms with E-state index >= 15 is 0 Å². The Morgan fingerprint density at radius 1 is 1.17 bits per heavy atom. The van der Waals surface area contributed by atoms with Gasteiger partial charge in [-0.25, -0.2) is 14.5 Å². The van der Waals surface area contributed by atoms with Gasteiger partial charge in [0, 0.05) is 44.5 Å². The summed E-state index contributed by atoms with van der Waals surface area (Å²) < 4.78 is 2.84. The van der Waals surface area contributed by atoms with Crippen molar-refractivity contribution in [2.24, 2.45) is 0 Å². The van der Waals surface area contributed by atoms with Crippen molar-refractivity contribution in [1.82, 2.24) is 34.8 Å². The molecule has 0 saturated carbocycles. The number of aromatic nitrogens is 5. The number of hydrogen-bond acceptors (Lipinski definition) is 8. The van der Waals surface area contributed by atoms with Crippen LogP contribution in [0.3, 0.4) is 0 Å². The van der Waals surface area contributed by atoms with E-state index < -0.39 is 0 Å². The second-order valence-corrected chi connectivity index (χ2v) is 8.00. The lowest BCUT2D eigenvalue weighted by Crippen LogP contribution is -2.38. The first-order valence-electron chi connectivity index (χ1n) is 11.1. The highest BCUT2D eigenvalue weighted by molar-refractivity contribution is 5.94. The number of nitrogens with zero attached hydrogens (tertiary/aromatic N) is 5. The molecule has 0 bridgehead atoms. The molecule has 0 radical (unpaired) electrons. The van der Waals surface area contributed by atoms with Crippen LogP contribution in [0.1, 0.15) is 23.3 Å². The Balaban J connectivity index is 1.44. The first-order valence-corrected chi connectivity index (χ1v) is 11.1. The van der Waals surface area contributed by atoms with Crippen LogP contribution in [0.5, 0.6) is 0 Å². The van der Waals surface area contributed by atoms with Crippen molar-refractivity contribution >= 4 is 34.7 Å². The first-order chi connectivity index (χ1) is 17.0. The number of anilines is 3. The molecule has 2 amide bonds. The summed E-state index contributed by atoms with van der Waals surface area (Å²) in [7, 11) is 1.73. The molecular weight excluding hydrogens is 450 g/mol. The monoisotopic (exact) mass is 473 g/mol. The van der Waals surface area contributed by atoms with Crippen molar-refractivity contribution in [2.75, 3.05) is 24.2 Å². The van der Waals surface area contributed by atoms with Crippen LogP contribution in [-0.2, 0) is 4.79 Å². The smallest absolute Gasteiger partial charge is 0.279 e. The maximum absolute atomic E-state index is 13.1. The molecule has 0 spiro atoms. The molecule has 0 aliphatic carbocycles. The molecule has 4 aromatic heterocycles. The molecule has 1 atom stereocenters. The molecule has 35 heavy (non-hydrogen) atoms. The van der Waals surface area contributed by atoms with Crippen molar-refractivity contribution in [3.8, 4) is 5.82 Å². The van der Waals surface area contributed by atoms with Gasteiger partial charge in [-0.15, -0.1) is 5.10 Å². The van der Waals surface area contributed by atoms with E-state index in [0.717, 1.165) is 0 Å². The van der Waals surface area contributed by atoms with E-state index in [1.807, 2.05) is 0 Å². The van der Waals surface area contributed by atoms with Gasteiger partial charge in [0.1, 0.15) is 11.5 Å². The van der Waals surface area contributed by atoms with Gasteiger partial charge in [0.2, 0.25) is 5.91 Å². The minimum atomic E-state index is -0.373. The second kappa shape index (κ2) is 9.25. The van der Waals surface area contributed by atoms with Crippen molar-refractivity contribution < 1.29 is 9.59 Å². The number of imidazole rings is 1.